The topological polar surface area (TPSA) is 72.3 Å². The largest absolute Gasteiger partial charge is 0.497 e. The molecule has 2 aromatic heterocycles. The molecule has 0 saturated heterocycles. The molecule has 0 saturated carbocycles. The summed E-state index contributed by atoms with van der Waals surface area (Å²) in [5.41, 5.74) is 1.04. The summed E-state index contributed by atoms with van der Waals surface area (Å²) < 4.78 is 5.25. The van der Waals surface area contributed by atoms with Crippen LogP contribution in [0, 0.1) is 0 Å². The monoisotopic (exact) mass is 332 g/mol. The van der Waals surface area contributed by atoms with Crippen molar-refractivity contribution >= 4 is 39.3 Å². The van der Waals surface area contributed by atoms with E-state index in [0.717, 1.165) is 26.4 Å². The second-order valence-electron chi connectivity index (χ2n) is 4.42. The number of carboxylic acid groups (broad SMARTS) is 1. The minimum atomic E-state index is -0.861. The summed E-state index contributed by atoms with van der Waals surface area (Å²) in [6, 6.07) is 9.79. The number of thioether (sulfide) groups is 1. The van der Waals surface area contributed by atoms with Crippen LogP contribution in [0.2, 0.25) is 0 Å². The van der Waals surface area contributed by atoms with E-state index in [1.807, 2.05) is 30.3 Å². The van der Waals surface area contributed by atoms with Gasteiger partial charge < -0.3 is 9.84 Å². The van der Waals surface area contributed by atoms with Crippen LogP contribution in [0.3, 0.4) is 0 Å². The Morgan fingerprint density at radius 1 is 1.36 bits per heavy atom. The number of hydrogen-bond donors (Lipinski definition) is 1. The molecule has 0 spiro atoms. The van der Waals surface area contributed by atoms with Gasteiger partial charge in [-0.05, 0) is 23.8 Å². The summed E-state index contributed by atoms with van der Waals surface area (Å²) in [6.07, 6.45) is 1.47. The number of nitrogens with zero attached hydrogens (tertiary/aromatic N) is 2. The molecule has 3 rings (SSSR count). The molecule has 0 fully saturated rings. The Hall–Kier alpha value is -2.12. The van der Waals surface area contributed by atoms with Crippen molar-refractivity contribution < 1.29 is 14.6 Å². The quantitative estimate of drug-likeness (QED) is 0.569. The lowest BCUT2D eigenvalue weighted by Gasteiger charge is -2.01. The smallest absolute Gasteiger partial charge is 0.313 e. The Morgan fingerprint density at radius 3 is 3.00 bits per heavy atom. The van der Waals surface area contributed by atoms with Crippen LogP contribution >= 0.6 is 23.1 Å². The Balaban J connectivity index is 2.01. The molecule has 0 aliphatic rings. The molecule has 1 aromatic carbocycles. The maximum atomic E-state index is 10.7. The normalized spacial score (nSPS) is 10.8. The summed E-state index contributed by atoms with van der Waals surface area (Å²) >= 11 is 2.76. The number of carboxylic acids is 1. The van der Waals surface area contributed by atoms with Gasteiger partial charge in [0.25, 0.3) is 0 Å². The molecule has 0 unspecified atom stereocenters. The second-order valence-corrected chi connectivity index (χ2v) is 6.42. The Bertz CT molecular complexity index is 833. The zero-order chi connectivity index (χ0) is 15.5. The first kappa shape index (κ1) is 14.8. The van der Waals surface area contributed by atoms with E-state index in [0.29, 0.717) is 5.03 Å². The predicted octanol–water partition coefficient (Wildman–Crippen LogP) is 3.54. The van der Waals surface area contributed by atoms with E-state index in [1.165, 1.54) is 18.1 Å². The van der Waals surface area contributed by atoms with Crippen molar-refractivity contribution in [1.82, 2.24) is 9.97 Å². The van der Waals surface area contributed by atoms with Crippen molar-refractivity contribution in [1.29, 1.82) is 0 Å². The van der Waals surface area contributed by atoms with E-state index in [9.17, 15) is 4.79 Å². The lowest BCUT2D eigenvalue weighted by atomic mass is 10.2. The highest BCUT2D eigenvalue weighted by Crippen LogP contribution is 2.36. The molecule has 5 nitrogen and oxygen atoms in total. The highest BCUT2D eigenvalue weighted by atomic mass is 32.2. The van der Waals surface area contributed by atoms with E-state index in [4.69, 9.17) is 9.84 Å². The van der Waals surface area contributed by atoms with Crippen LogP contribution in [-0.2, 0) is 4.79 Å². The Morgan fingerprint density at radius 2 is 2.23 bits per heavy atom. The first-order chi connectivity index (χ1) is 10.7. The van der Waals surface area contributed by atoms with Gasteiger partial charge in [0, 0.05) is 10.3 Å². The van der Waals surface area contributed by atoms with Gasteiger partial charge >= 0.3 is 5.97 Å². The van der Waals surface area contributed by atoms with Crippen LogP contribution < -0.4 is 4.74 Å². The molecule has 0 bridgehead atoms. The third-order valence-electron chi connectivity index (χ3n) is 2.98. The van der Waals surface area contributed by atoms with Crippen molar-refractivity contribution in [3.8, 4) is 16.2 Å². The number of benzene rings is 1. The third kappa shape index (κ3) is 3.05. The number of methoxy groups -OCH3 is 1. The van der Waals surface area contributed by atoms with Gasteiger partial charge in [-0.25, -0.2) is 9.97 Å². The van der Waals surface area contributed by atoms with Gasteiger partial charge in [0.15, 0.2) is 0 Å². The highest BCUT2D eigenvalue weighted by Gasteiger charge is 2.12. The number of ether oxygens (including phenoxy) is 1. The second kappa shape index (κ2) is 6.33. The van der Waals surface area contributed by atoms with Crippen molar-refractivity contribution in [2.75, 3.05) is 12.9 Å². The average Bonchev–Trinajstić information content (AvgIpc) is 2.97. The molecule has 7 heteroatoms. The van der Waals surface area contributed by atoms with E-state index in [-0.39, 0.29) is 5.75 Å². The Labute approximate surface area is 135 Å². The van der Waals surface area contributed by atoms with Gasteiger partial charge in [-0.15, -0.1) is 11.3 Å². The average molecular weight is 332 g/mol. The maximum absolute atomic E-state index is 10.7. The van der Waals surface area contributed by atoms with Gasteiger partial charge in [0.2, 0.25) is 0 Å². The third-order valence-corrected chi connectivity index (χ3v) is 5.06. The zero-order valence-corrected chi connectivity index (χ0v) is 13.3. The molecule has 0 aliphatic carbocycles. The Kier molecular flexibility index (Phi) is 4.26. The molecule has 0 amide bonds. The highest BCUT2D eigenvalue weighted by molar-refractivity contribution is 8.00. The van der Waals surface area contributed by atoms with E-state index in [2.05, 4.69) is 9.97 Å². The van der Waals surface area contributed by atoms with Gasteiger partial charge in [-0.2, -0.15) is 0 Å². The summed E-state index contributed by atoms with van der Waals surface area (Å²) in [5.74, 6) is -0.0854. The van der Waals surface area contributed by atoms with Crippen LogP contribution in [0.4, 0.5) is 0 Å². The number of carbonyl (C=O) groups is 1. The summed E-state index contributed by atoms with van der Waals surface area (Å²) in [5, 5.41) is 10.4. The molecule has 2 heterocycles. The molecule has 0 radical (unpaired) electrons. The summed E-state index contributed by atoms with van der Waals surface area (Å²) in [6.45, 7) is 0. The maximum Gasteiger partial charge on any atom is 0.313 e. The van der Waals surface area contributed by atoms with Gasteiger partial charge in [-0.1, -0.05) is 23.9 Å². The molecule has 0 atom stereocenters. The first-order valence-electron chi connectivity index (χ1n) is 6.41. The summed E-state index contributed by atoms with van der Waals surface area (Å²) in [7, 11) is 1.64. The fraction of sp³-hybridized carbons (Fsp3) is 0.133. The molecule has 112 valence electrons. The van der Waals surface area contributed by atoms with Crippen molar-refractivity contribution in [2.45, 2.75) is 5.03 Å². The van der Waals surface area contributed by atoms with Crippen molar-refractivity contribution in [3.63, 3.8) is 0 Å². The van der Waals surface area contributed by atoms with E-state index >= 15 is 0 Å². The summed E-state index contributed by atoms with van der Waals surface area (Å²) in [4.78, 5) is 21.1. The van der Waals surface area contributed by atoms with Crippen LogP contribution in [0.15, 0.2) is 41.7 Å². The van der Waals surface area contributed by atoms with Gasteiger partial charge in [0.1, 0.15) is 21.9 Å². The predicted molar refractivity (Wildman–Crippen MR) is 87.8 cm³/mol. The van der Waals surface area contributed by atoms with Crippen LogP contribution in [0.1, 0.15) is 0 Å². The molecule has 3 aromatic rings. The standard InChI is InChI=1S/C15H12N2O3S2/c1-20-10-4-2-3-9(5-10)12-6-11-14(21-7-13(18)19)16-8-17-15(11)22-12/h2-6,8H,7H2,1H3,(H,18,19). The molecule has 22 heavy (non-hydrogen) atoms. The number of fused-ring (bicyclic) bond motifs is 1. The molecule has 0 aliphatic heterocycles. The number of aliphatic carboxylic acids is 1. The van der Waals surface area contributed by atoms with E-state index < -0.39 is 5.97 Å². The van der Waals surface area contributed by atoms with Gasteiger partial charge in [-0.3, -0.25) is 4.79 Å². The van der Waals surface area contributed by atoms with Crippen LogP contribution in [0.25, 0.3) is 20.7 Å². The zero-order valence-electron chi connectivity index (χ0n) is 11.6. The minimum Gasteiger partial charge on any atom is -0.497 e. The fourth-order valence-corrected chi connectivity index (χ4v) is 3.75. The number of thiophene rings is 1. The van der Waals surface area contributed by atoms with Gasteiger partial charge in [0.05, 0.1) is 12.9 Å². The molecule has 1 N–H and O–H groups in total. The van der Waals surface area contributed by atoms with Crippen LogP contribution in [-0.4, -0.2) is 33.9 Å². The number of rotatable bonds is 5. The number of aromatic nitrogens is 2. The lowest BCUT2D eigenvalue weighted by molar-refractivity contribution is -0.133. The van der Waals surface area contributed by atoms with Crippen molar-refractivity contribution in [3.05, 3.63) is 36.7 Å². The van der Waals surface area contributed by atoms with E-state index in [1.54, 1.807) is 18.4 Å². The molecular formula is C15H12N2O3S2. The minimum absolute atomic E-state index is 0.0174. The van der Waals surface area contributed by atoms with Crippen molar-refractivity contribution in [2.24, 2.45) is 0 Å². The first-order valence-corrected chi connectivity index (χ1v) is 8.21. The fourth-order valence-electron chi connectivity index (χ4n) is 2.00. The SMILES string of the molecule is COc1cccc(-c2cc3c(SCC(=O)O)ncnc3s2)c1. The molecular weight excluding hydrogens is 320 g/mol. The number of hydrogen-bond acceptors (Lipinski definition) is 6. The lowest BCUT2D eigenvalue weighted by Crippen LogP contribution is -1.98. The van der Waals surface area contributed by atoms with Crippen LogP contribution in [0.5, 0.6) is 5.75 Å².